The lowest BCUT2D eigenvalue weighted by Gasteiger charge is -2.25. The van der Waals surface area contributed by atoms with Gasteiger partial charge in [0.1, 0.15) is 4.21 Å². The van der Waals surface area contributed by atoms with Gasteiger partial charge >= 0.3 is 0 Å². The molecule has 1 aromatic rings. The average molecular weight is 272 g/mol. The molecule has 6 heteroatoms. The maximum Gasteiger partial charge on any atom is 0.253 e. The van der Waals surface area contributed by atoms with E-state index in [1.165, 1.54) is 11.3 Å². The Bertz CT molecular complexity index is 498. The third-order valence-corrected chi connectivity index (χ3v) is 7.15. The standard InChI is InChI=1S/C11H16N2O2S2/c1-8-5-9-6-12-7-10(9)13(8)17(14,15)11-3-2-4-16-11/h2-4,8-10,12H,5-7H2,1H3. The van der Waals surface area contributed by atoms with E-state index < -0.39 is 10.0 Å². The summed E-state index contributed by atoms with van der Waals surface area (Å²) in [6, 6.07) is 3.77. The summed E-state index contributed by atoms with van der Waals surface area (Å²) in [4.78, 5) is 0. The second kappa shape index (κ2) is 4.05. The molecular weight excluding hydrogens is 256 g/mol. The Morgan fingerprint density at radius 2 is 2.29 bits per heavy atom. The first-order valence-electron chi connectivity index (χ1n) is 5.88. The summed E-state index contributed by atoms with van der Waals surface area (Å²) in [5.74, 6) is 0.486. The molecule has 0 saturated carbocycles. The van der Waals surface area contributed by atoms with E-state index in [1.54, 1.807) is 16.4 Å². The number of sulfonamides is 1. The monoisotopic (exact) mass is 272 g/mol. The molecule has 2 fully saturated rings. The second-order valence-electron chi connectivity index (χ2n) is 4.84. The lowest BCUT2D eigenvalue weighted by molar-refractivity contribution is 0.336. The molecule has 4 nitrogen and oxygen atoms in total. The zero-order chi connectivity index (χ0) is 12.0. The van der Waals surface area contributed by atoms with E-state index in [2.05, 4.69) is 5.32 Å². The number of hydrogen-bond acceptors (Lipinski definition) is 4. The van der Waals surface area contributed by atoms with Gasteiger partial charge < -0.3 is 5.32 Å². The summed E-state index contributed by atoms with van der Waals surface area (Å²) >= 11 is 1.30. The molecule has 94 valence electrons. The SMILES string of the molecule is CC1CC2CNCC2N1S(=O)(=O)c1cccs1. The van der Waals surface area contributed by atoms with Crippen molar-refractivity contribution in [2.45, 2.75) is 29.6 Å². The highest BCUT2D eigenvalue weighted by molar-refractivity contribution is 7.91. The summed E-state index contributed by atoms with van der Waals surface area (Å²) in [7, 11) is -3.29. The predicted octanol–water partition coefficient (Wildman–Crippen LogP) is 1.12. The van der Waals surface area contributed by atoms with Crippen LogP contribution in [0.25, 0.3) is 0 Å². The molecule has 0 aliphatic carbocycles. The molecule has 1 N–H and O–H groups in total. The van der Waals surface area contributed by atoms with Crippen molar-refractivity contribution in [3.63, 3.8) is 0 Å². The molecule has 17 heavy (non-hydrogen) atoms. The van der Waals surface area contributed by atoms with Gasteiger partial charge in [0.25, 0.3) is 10.0 Å². The summed E-state index contributed by atoms with van der Waals surface area (Å²) < 4.78 is 27.3. The van der Waals surface area contributed by atoms with Crippen molar-refractivity contribution >= 4 is 21.4 Å². The van der Waals surface area contributed by atoms with Crippen molar-refractivity contribution in [3.8, 4) is 0 Å². The minimum atomic E-state index is -3.29. The number of nitrogens with one attached hydrogen (secondary N) is 1. The smallest absolute Gasteiger partial charge is 0.253 e. The van der Waals surface area contributed by atoms with E-state index in [0.29, 0.717) is 10.1 Å². The molecule has 0 bridgehead atoms. The van der Waals surface area contributed by atoms with Gasteiger partial charge in [-0.3, -0.25) is 0 Å². The van der Waals surface area contributed by atoms with Crippen molar-refractivity contribution in [1.82, 2.24) is 9.62 Å². The van der Waals surface area contributed by atoms with Crippen LogP contribution in [0.5, 0.6) is 0 Å². The fraction of sp³-hybridized carbons (Fsp3) is 0.636. The number of rotatable bonds is 2. The Morgan fingerprint density at radius 3 is 3.00 bits per heavy atom. The van der Waals surface area contributed by atoms with Gasteiger partial charge in [0.15, 0.2) is 0 Å². The van der Waals surface area contributed by atoms with Gasteiger partial charge in [0.2, 0.25) is 0 Å². The first-order chi connectivity index (χ1) is 8.10. The van der Waals surface area contributed by atoms with Gasteiger partial charge in [-0.25, -0.2) is 8.42 Å². The molecule has 2 aliphatic rings. The third kappa shape index (κ3) is 1.74. The molecule has 3 heterocycles. The first-order valence-corrected chi connectivity index (χ1v) is 8.20. The van der Waals surface area contributed by atoms with Crippen LogP contribution in [0.3, 0.4) is 0 Å². The summed E-state index contributed by atoms with van der Waals surface area (Å²) in [6.45, 7) is 3.76. The van der Waals surface area contributed by atoms with Gasteiger partial charge in [-0.15, -0.1) is 11.3 Å². The Labute approximate surface area is 106 Å². The fourth-order valence-corrected chi connectivity index (χ4v) is 6.04. The molecule has 0 radical (unpaired) electrons. The largest absolute Gasteiger partial charge is 0.315 e. The van der Waals surface area contributed by atoms with Crippen molar-refractivity contribution in [3.05, 3.63) is 17.5 Å². The van der Waals surface area contributed by atoms with Crippen molar-refractivity contribution < 1.29 is 8.42 Å². The number of nitrogens with zero attached hydrogens (tertiary/aromatic N) is 1. The van der Waals surface area contributed by atoms with Crippen molar-refractivity contribution in [2.24, 2.45) is 5.92 Å². The summed E-state index contributed by atoms with van der Waals surface area (Å²) in [5.41, 5.74) is 0. The van der Waals surface area contributed by atoms with E-state index in [0.717, 1.165) is 19.5 Å². The van der Waals surface area contributed by atoms with Crippen LogP contribution >= 0.6 is 11.3 Å². The molecule has 3 rings (SSSR count). The molecule has 2 aliphatic heterocycles. The summed E-state index contributed by atoms with van der Waals surface area (Å²) in [6.07, 6.45) is 0.974. The van der Waals surface area contributed by atoms with E-state index in [4.69, 9.17) is 0 Å². The Balaban J connectivity index is 1.98. The van der Waals surface area contributed by atoms with Crippen molar-refractivity contribution in [2.75, 3.05) is 13.1 Å². The van der Waals surface area contributed by atoms with Crippen LogP contribution in [0, 0.1) is 5.92 Å². The molecule has 2 saturated heterocycles. The van der Waals surface area contributed by atoms with Gasteiger partial charge in [0.05, 0.1) is 0 Å². The van der Waals surface area contributed by atoms with E-state index in [1.807, 2.05) is 12.3 Å². The highest BCUT2D eigenvalue weighted by Crippen LogP contribution is 2.37. The minimum Gasteiger partial charge on any atom is -0.315 e. The third-order valence-electron chi connectivity index (χ3n) is 3.74. The van der Waals surface area contributed by atoms with Gasteiger partial charge in [-0.05, 0) is 37.3 Å². The first kappa shape index (κ1) is 11.6. The number of thiophene rings is 1. The fourth-order valence-electron chi connectivity index (χ4n) is 3.06. The molecule has 1 aromatic heterocycles. The summed E-state index contributed by atoms with van der Waals surface area (Å²) in [5, 5.41) is 5.11. The van der Waals surface area contributed by atoms with Crippen LogP contribution in [-0.2, 0) is 10.0 Å². The molecule has 0 amide bonds. The zero-order valence-corrected chi connectivity index (χ0v) is 11.3. The van der Waals surface area contributed by atoms with Crippen molar-refractivity contribution in [1.29, 1.82) is 0 Å². The lowest BCUT2D eigenvalue weighted by atomic mass is 10.0. The van der Waals surface area contributed by atoms with Crippen LogP contribution in [0.4, 0.5) is 0 Å². The van der Waals surface area contributed by atoms with Crippen LogP contribution < -0.4 is 5.32 Å². The Hall–Kier alpha value is -0.430. The molecular formula is C11H16N2O2S2. The van der Waals surface area contributed by atoms with Crippen LogP contribution in [0.15, 0.2) is 21.7 Å². The number of fused-ring (bicyclic) bond motifs is 1. The maximum atomic E-state index is 12.6. The zero-order valence-electron chi connectivity index (χ0n) is 9.67. The predicted molar refractivity (Wildman–Crippen MR) is 67.6 cm³/mol. The molecule has 3 atom stereocenters. The van der Waals surface area contributed by atoms with Gasteiger partial charge in [0, 0.05) is 18.6 Å². The average Bonchev–Trinajstić information content (AvgIpc) is 2.88. The van der Waals surface area contributed by atoms with Gasteiger partial charge in [-0.2, -0.15) is 4.31 Å². The van der Waals surface area contributed by atoms with Crippen LogP contribution in [0.2, 0.25) is 0 Å². The Kier molecular flexibility index (Phi) is 2.77. The van der Waals surface area contributed by atoms with E-state index >= 15 is 0 Å². The number of hydrogen-bond donors (Lipinski definition) is 1. The molecule has 3 unspecified atom stereocenters. The molecule has 0 spiro atoms. The second-order valence-corrected chi connectivity index (χ2v) is 7.86. The Morgan fingerprint density at radius 1 is 1.47 bits per heavy atom. The maximum absolute atomic E-state index is 12.6. The minimum absolute atomic E-state index is 0.124. The van der Waals surface area contributed by atoms with E-state index in [9.17, 15) is 8.42 Å². The van der Waals surface area contributed by atoms with Crippen LogP contribution in [0.1, 0.15) is 13.3 Å². The normalized spacial score (nSPS) is 34.1. The van der Waals surface area contributed by atoms with E-state index in [-0.39, 0.29) is 12.1 Å². The topological polar surface area (TPSA) is 49.4 Å². The van der Waals surface area contributed by atoms with Crippen LogP contribution in [-0.4, -0.2) is 37.9 Å². The quantitative estimate of drug-likeness (QED) is 0.877. The molecule has 0 aromatic carbocycles. The highest BCUT2D eigenvalue weighted by Gasteiger charge is 2.48. The van der Waals surface area contributed by atoms with Gasteiger partial charge in [-0.1, -0.05) is 6.07 Å². The lowest BCUT2D eigenvalue weighted by Crippen LogP contribution is -2.42. The highest BCUT2D eigenvalue weighted by atomic mass is 32.2.